The molecule has 0 aliphatic carbocycles. The van der Waals surface area contributed by atoms with Crippen LogP contribution in [0.25, 0.3) is 11.8 Å². The van der Waals surface area contributed by atoms with Crippen molar-refractivity contribution in [1.29, 1.82) is 5.26 Å². The summed E-state index contributed by atoms with van der Waals surface area (Å²) in [5, 5.41) is 12.3. The van der Waals surface area contributed by atoms with Crippen LogP contribution in [0.2, 0.25) is 0 Å². The fourth-order valence-corrected chi connectivity index (χ4v) is 3.14. The Hall–Kier alpha value is -3.58. The number of carbonyl (C=O) groups excluding carboxylic acids is 1. The molecule has 4 heteroatoms. The Morgan fingerprint density at radius 1 is 1.00 bits per heavy atom. The van der Waals surface area contributed by atoms with E-state index in [1.807, 2.05) is 92.1 Å². The molecule has 2 aromatic carbocycles. The predicted octanol–water partition coefficient (Wildman–Crippen LogP) is 4.95. The van der Waals surface area contributed by atoms with Crippen LogP contribution in [0.15, 0.2) is 66.2 Å². The number of aryl methyl sites for hydroxylation is 3. The number of benzene rings is 2. The van der Waals surface area contributed by atoms with Gasteiger partial charge in [-0.2, -0.15) is 5.26 Å². The van der Waals surface area contributed by atoms with Gasteiger partial charge in [0.15, 0.2) is 0 Å². The fourth-order valence-electron chi connectivity index (χ4n) is 3.14. The summed E-state index contributed by atoms with van der Waals surface area (Å²) in [4.78, 5) is 12.6. The van der Waals surface area contributed by atoms with Gasteiger partial charge in [0.25, 0.3) is 5.91 Å². The van der Waals surface area contributed by atoms with Crippen LogP contribution in [-0.4, -0.2) is 10.5 Å². The van der Waals surface area contributed by atoms with Crippen LogP contribution in [-0.2, 0) is 4.79 Å². The second-order valence-electron chi connectivity index (χ2n) is 6.57. The maximum Gasteiger partial charge on any atom is 0.266 e. The van der Waals surface area contributed by atoms with Crippen LogP contribution in [0.4, 0.5) is 5.69 Å². The minimum atomic E-state index is -0.416. The van der Waals surface area contributed by atoms with E-state index in [1.165, 1.54) is 0 Å². The fraction of sp³-hybridized carbons (Fsp3) is 0.130. The van der Waals surface area contributed by atoms with E-state index >= 15 is 0 Å². The summed E-state index contributed by atoms with van der Waals surface area (Å²) in [6.45, 7) is 5.93. The number of hydrogen-bond acceptors (Lipinski definition) is 2. The van der Waals surface area contributed by atoms with Crippen molar-refractivity contribution < 1.29 is 4.79 Å². The van der Waals surface area contributed by atoms with Gasteiger partial charge >= 0.3 is 0 Å². The lowest BCUT2D eigenvalue weighted by molar-refractivity contribution is -0.112. The summed E-state index contributed by atoms with van der Waals surface area (Å²) in [5.41, 5.74) is 5.66. The van der Waals surface area contributed by atoms with Crippen molar-refractivity contribution in [3.05, 3.63) is 88.8 Å². The van der Waals surface area contributed by atoms with E-state index in [0.29, 0.717) is 5.69 Å². The van der Waals surface area contributed by atoms with E-state index in [1.54, 1.807) is 6.08 Å². The van der Waals surface area contributed by atoms with Crippen LogP contribution < -0.4 is 5.32 Å². The van der Waals surface area contributed by atoms with Gasteiger partial charge in [-0.05, 0) is 74.4 Å². The largest absolute Gasteiger partial charge is 0.321 e. The average molecular weight is 355 g/mol. The first-order valence-corrected chi connectivity index (χ1v) is 8.73. The minimum Gasteiger partial charge on any atom is -0.321 e. The summed E-state index contributed by atoms with van der Waals surface area (Å²) in [6, 6.07) is 21.6. The van der Waals surface area contributed by atoms with E-state index < -0.39 is 5.91 Å². The van der Waals surface area contributed by atoms with Gasteiger partial charge in [-0.3, -0.25) is 4.79 Å². The van der Waals surface area contributed by atoms with E-state index in [9.17, 15) is 10.1 Å². The zero-order valence-corrected chi connectivity index (χ0v) is 15.7. The van der Waals surface area contributed by atoms with Gasteiger partial charge in [0.1, 0.15) is 11.6 Å². The highest BCUT2D eigenvalue weighted by molar-refractivity contribution is 6.09. The minimum absolute atomic E-state index is 0.0597. The molecule has 0 saturated carbocycles. The second-order valence-corrected chi connectivity index (χ2v) is 6.57. The van der Waals surface area contributed by atoms with Crippen LogP contribution >= 0.6 is 0 Å². The molecule has 0 saturated heterocycles. The van der Waals surface area contributed by atoms with Gasteiger partial charge in [-0.1, -0.05) is 24.3 Å². The van der Waals surface area contributed by atoms with Gasteiger partial charge in [0.05, 0.1) is 0 Å². The van der Waals surface area contributed by atoms with E-state index in [2.05, 4.69) is 5.32 Å². The molecular weight excluding hydrogens is 334 g/mol. The van der Waals surface area contributed by atoms with Crippen molar-refractivity contribution >= 4 is 17.7 Å². The zero-order valence-electron chi connectivity index (χ0n) is 15.7. The number of aromatic nitrogens is 1. The third kappa shape index (κ3) is 4.16. The van der Waals surface area contributed by atoms with Crippen molar-refractivity contribution in [2.45, 2.75) is 20.8 Å². The lowest BCUT2D eigenvalue weighted by Crippen LogP contribution is -2.14. The Balaban J connectivity index is 1.93. The SMILES string of the molecule is Cc1cc(C)cc(NC(=O)/C(C#N)=C\c2ccc(C)n2-c2ccccc2)c1. The number of rotatable bonds is 4. The molecule has 0 unspecified atom stereocenters. The number of nitriles is 1. The molecule has 134 valence electrons. The van der Waals surface area contributed by atoms with Crippen LogP contribution in [0, 0.1) is 32.1 Å². The summed E-state index contributed by atoms with van der Waals surface area (Å²) in [6.07, 6.45) is 1.62. The number of anilines is 1. The molecule has 27 heavy (non-hydrogen) atoms. The first-order chi connectivity index (χ1) is 13.0. The van der Waals surface area contributed by atoms with Crippen LogP contribution in [0.5, 0.6) is 0 Å². The molecule has 4 nitrogen and oxygen atoms in total. The highest BCUT2D eigenvalue weighted by Crippen LogP contribution is 2.20. The predicted molar refractivity (Wildman–Crippen MR) is 109 cm³/mol. The maximum atomic E-state index is 12.6. The molecule has 0 spiro atoms. The van der Waals surface area contributed by atoms with Crippen LogP contribution in [0.3, 0.4) is 0 Å². The molecule has 1 heterocycles. The normalized spacial score (nSPS) is 11.1. The Morgan fingerprint density at radius 3 is 2.30 bits per heavy atom. The van der Waals surface area contributed by atoms with Crippen molar-refractivity contribution in [2.24, 2.45) is 0 Å². The molecule has 0 radical (unpaired) electrons. The van der Waals surface area contributed by atoms with Crippen molar-refractivity contribution in [2.75, 3.05) is 5.32 Å². The number of amides is 1. The maximum absolute atomic E-state index is 12.6. The average Bonchev–Trinajstić information content (AvgIpc) is 2.99. The van der Waals surface area contributed by atoms with E-state index in [0.717, 1.165) is 28.2 Å². The molecule has 0 aliphatic heterocycles. The molecular formula is C23H21N3O. The van der Waals surface area contributed by atoms with Crippen molar-refractivity contribution in [3.8, 4) is 11.8 Å². The molecule has 1 aromatic heterocycles. The Morgan fingerprint density at radius 2 is 1.67 bits per heavy atom. The molecule has 0 bridgehead atoms. The van der Waals surface area contributed by atoms with Gasteiger partial charge in [-0.15, -0.1) is 0 Å². The molecule has 0 fully saturated rings. The molecule has 1 amide bonds. The summed E-state index contributed by atoms with van der Waals surface area (Å²) < 4.78 is 2.02. The molecule has 3 aromatic rings. The first kappa shape index (κ1) is 18.2. The van der Waals surface area contributed by atoms with Gasteiger partial charge in [-0.25, -0.2) is 0 Å². The Bertz CT molecular complexity index is 1030. The summed E-state index contributed by atoms with van der Waals surface area (Å²) >= 11 is 0. The standard InChI is InChI=1S/C23H21N3O/c1-16-11-17(2)13-20(12-16)25-23(27)19(15-24)14-22-10-9-18(3)26(22)21-7-5-4-6-8-21/h4-14H,1-3H3,(H,25,27)/b19-14-. The second kappa shape index (κ2) is 7.76. The lowest BCUT2D eigenvalue weighted by Gasteiger charge is -2.10. The summed E-state index contributed by atoms with van der Waals surface area (Å²) in [5.74, 6) is -0.416. The van der Waals surface area contributed by atoms with Gasteiger partial charge in [0, 0.05) is 22.8 Å². The number of para-hydroxylation sites is 1. The smallest absolute Gasteiger partial charge is 0.266 e. The molecule has 1 N–H and O–H groups in total. The topological polar surface area (TPSA) is 57.8 Å². The number of carbonyl (C=O) groups is 1. The first-order valence-electron chi connectivity index (χ1n) is 8.73. The number of nitrogens with zero attached hydrogens (tertiary/aromatic N) is 2. The molecule has 0 atom stereocenters. The zero-order chi connectivity index (χ0) is 19.4. The number of nitrogens with one attached hydrogen (secondary N) is 1. The highest BCUT2D eigenvalue weighted by Gasteiger charge is 2.13. The third-order valence-electron chi connectivity index (χ3n) is 4.26. The molecule has 0 aliphatic rings. The van der Waals surface area contributed by atoms with Crippen LogP contribution in [0.1, 0.15) is 22.5 Å². The van der Waals surface area contributed by atoms with E-state index in [-0.39, 0.29) is 5.57 Å². The quantitative estimate of drug-likeness (QED) is 0.532. The van der Waals surface area contributed by atoms with Crippen molar-refractivity contribution in [1.82, 2.24) is 4.57 Å². The van der Waals surface area contributed by atoms with Gasteiger partial charge in [0.2, 0.25) is 0 Å². The van der Waals surface area contributed by atoms with E-state index in [4.69, 9.17) is 0 Å². The third-order valence-corrected chi connectivity index (χ3v) is 4.26. The monoisotopic (exact) mass is 355 g/mol. The lowest BCUT2D eigenvalue weighted by atomic mass is 10.1. The Labute approximate surface area is 159 Å². The summed E-state index contributed by atoms with van der Waals surface area (Å²) in [7, 11) is 0. The number of hydrogen-bond donors (Lipinski definition) is 1. The Kier molecular flexibility index (Phi) is 5.23. The molecule has 3 rings (SSSR count). The highest BCUT2D eigenvalue weighted by atomic mass is 16.1. The van der Waals surface area contributed by atoms with Gasteiger partial charge < -0.3 is 9.88 Å². The van der Waals surface area contributed by atoms with Crippen molar-refractivity contribution in [3.63, 3.8) is 0 Å².